The maximum Gasteiger partial charge on any atom is 0.250 e. The number of likely N-dealkylation sites (tertiary alicyclic amines) is 1. The molecule has 1 aliphatic heterocycles. The Morgan fingerprint density at radius 3 is 2.69 bits per heavy atom. The van der Waals surface area contributed by atoms with Gasteiger partial charge in [0.1, 0.15) is 17.4 Å². The second kappa shape index (κ2) is 8.94. The number of imidazole rings is 1. The third-order valence-corrected chi connectivity index (χ3v) is 5.80. The minimum atomic E-state index is -0.642. The maximum absolute atomic E-state index is 14.3. The van der Waals surface area contributed by atoms with Gasteiger partial charge in [-0.3, -0.25) is 4.79 Å². The summed E-state index contributed by atoms with van der Waals surface area (Å²) in [6.07, 6.45) is 6.90. The number of halogens is 2. The standard InChI is InChI=1S/C25H25F2N3O2/c1-16-14-29(15-28-16)23-9-6-18(12-24(23)32-3)11-19-5-4-10-30(25(19)31)17(2)21-8-7-20(26)13-22(21)27/h6-9,11-15,17H,4-5,10H2,1-3H3. The van der Waals surface area contributed by atoms with Crippen molar-refractivity contribution < 1.29 is 18.3 Å². The van der Waals surface area contributed by atoms with E-state index in [4.69, 9.17) is 4.74 Å². The molecule has 0 spiro atoms. The molecule has 2 aromatic carbocycles. The minimum absolute atomic E-state index is 0.138. The van der Waals surface area contributed by atoms with Gasteiger partial charge >= 0.3 is 0 Å². The lowest BCUT2D eigenvalue weighted by Gasteiger charge is -2.34. The van der Waals surface area contributed by atoms with Gasteiger partial charge in [-0.15, -0.1) is 0 Å². The Morgan fingerprint density at radius 1 is 1.19 bits per heavy atom. The average molecular weight is 437 g/mol. The Hall–Kier alpha value is -3.48. The Morgan fingerprint density at radius 2 is 2.00 bits per heavy atom. The zero-order chi connectivity index (χ0) is 22.8. The second-order valence-corrected chi connectivity index (χ2v) is 7.97. The molecular formula is C25H25F2N3O2. The molecule has 7 heteroatoms. The van der Waals surface area contributed by atoms with E-state index < -0.39 is 17.7 Å². The van der Waals surface area contributed by atoms with Crippen LogP contribution in [0, 0.1) is 18.6 Å². The Bertz CT molecular complexity index is 1190. The number of piperidine rings is 1. The highest BCUT2D eigenvalue weighted by molar-refractivity contribution is 5.98. The summed E-state index contributed by atoms with van der Waals surface area (Å²) < 4.78 is 35.0. The van der Waals surface area contributed by atoms with Gasteiger partial charge in [0.15, 0.2) is 0 Å². The van der Waals surface area contributed by atoms with Gasteiger partial charge in [0.2, 0.25) is 5.91 Å². The van der Waals surface area contributed by atoms with E-state index in [1.807, 2.05) is 42.0 Å². The second-order valence-electron chi connectivity index (χ2n) is 7.97. The topological polar surface area (TPSA) is 47.4 Å². The molecule has 0 radical (unpaired) electrons. The first-order valence-electron chi connectivity index (χ1n) is 10.5. The Kier molecular flexibility index (Phi) is 6.08. The van der Waals surface area contributed by atoms with Crippen molar-refractivity contribution >= 4 is 12.0 Å². The molecule has 32 heavy (non-hydrogen) atoms. The van der Waals surface area contributed by atoms with Gasteiger partial charge in [-0.05, 0) is 56.5 Å². The zero-order valence-corrected chi connectivity index (χ0v) is 18.3. The van der Waals surface area contributed by atoms with Gasteiger partial charge in [0.05, 0.1) is 30.9 Å². The summed E-state index contributed by atoms with van der Waals surface area (Å²) in [5.74, 6) is -0.747. The van der Waals surface area contributed by atoms with Crippen molar-refractivity contribution in [1.82, 2.24) is 14.5 Å². The van der Waals surface area contributed by atoms with E-state index in [0.29, 0.717) is 29.9 Å². The summed E-state index contributed by atoms with van der Waals surface area (Å²) in [7, 11) is 1.60. The molecule has 0 aliphatic carbocycles. The van der Waals surface area contributed by atoms with E-state index in [9.17, 15) is 13.6 Å². The first-order chi connectivity index (χ1) is 15.4. The van der Waals surface area contributed by atoms with E-state index in [1.165, 1.54) is 12.1 Å². The molecule has 1 aromatic heterocycles. The van der Waals surface area contributed by atoms with Crippen molar-refractivity contribution in [2.24, 2.45) is 0 Å². The van der Waals surface area contributed by atoms with Crippen molar-refractivity contribution in [3.8, 4) is 11.4 Å². The molecule has 1 fully saturated rings. The number of methoxy groups -OCH3 is 1. The number of hydrogen-bond donors (Lipinski definition) is 0. The van der Waals surface area contributed by atoms with Gasteiger partial charge in [-0.2, -0.15) is 0 Å². The Labute approximate surface area is 186 Å². The number of aromatic nitrogens is 2. The van der Waals surface area contributed by atoms with Crippen LogP contribution in [0.4, 0.5) is 8.78 Å². The van der Waals surface area contributed by atoms with Crippen LogP contribution in [0.25, 0.3) is 11.8 Å². The first kappa shape index (κ1) is 21.7. The number of aryl methyl sites for hydroxylation is 1. The lowest BCUT2D eigenvalue weighted by Crippen LogP contribution is -2.39. The maximum atomic E-state index is 14.3. The third kappa shape index (κ3) is 4.28. The molecule has 2 heterocycles. The summed E-state index contributed by atoms with van der Waals surface area (Å²) >= 11 is 0. The van der Waals surface area contributed by atoms with Crippen LogP contribution in [0.3, 0.4) is 0 Å². The van der Waals surface area contributed by atoms with Crippen molar-refractivity contribution in [2.75, 3.05) is 13.7 Å². The average Bonchev–Trinajstić information content (AvgIpc) is 3.20. The van der Waals surface area contributed by atoms with Gasteiger partial charge in [-0.1, -0.05) is 12.1 Å². The smallest absolute Gasteiger partial charge is 0.250 e. The van der Waals surface area contributed by atoms with E-state index in [2.05, 4.69) is 4.98 Å². The largest absolute Gasteiger partial charge is 0.495 e. The highest BCUT2D eigenvalue weighted by atomic mass is 19.1. The number of benzene rings is 2. The molecule has 3 aromatic rings. The van der Waals surface area contributed by atoms with Crippen molar-refractivity contribution in [1.29, 1.82) is 0 Å². The van der Waals surface area contributed by atoms with Gasteiger partial charge in [0, 0.05) is 29.9 Å². The minimum Gasteiger partial charge on any atom is -0.495 e. The van der Waals surface area contributed by atoms with Crippen LogP contribution in [0.2, 0.25) is 0 Å². The SMILES string of the molecule is COc1cc(C=C2CCCN(C(C)c3ccc(F)cc3F)C2=O)ccc1-n1cnc(C)c1. The predicted octanol–water partition coefficient (Wildman–Crippen LogP) is 5.23. The number of carbonyl (C=O) groups is 1. The fourth-order valence-corrected chi connectivity index (χ4v) is 4.10. The lowest BCUT2D eigenvalue weighted by molar-refractivity contribution is -0.130. The summed E-state index contributed by atoms with van der Waals surface area (Å²) in [5.41, 5.74) is 3.56. The monoisotopic (exact) mass is 437 g/mol. The van der Waals surface area contributed by atoms with Crippen LogP contribution in [-0.2, 0) is 4.79 Å². The third-order valence-electron chi connectivity index (χ3n) is 5.80. The fraction of sp³-hybridized carbons (Fsp3) is 0.280. The van der Waals surface area contributed by atoms with E-state index in [0.717, 1.165) is 29.4 Å². The highest BCUT2D eigenvalue weighted by Gasteiger charge is 2.29. The summed E-state index contributed by atoms with van der Waals surface area (Å²) in [5, 5.41) is 0. The predicted molar refractivity (Wildman–Crippen MR) is 119 cm³/mol. The molecule has 166 valence electrons. The summed E-state index contributed by atoms with van der Waals surface area (Å²) in [6, 6.07) is 8.72. The molecule has 1 atom stereocenters. The van der Waals surface area contributed by atoms with Crippen LogP contribution in [0.5, 0.6) is 5.75 Å². The van der Waals surface area contributed by atoms with E-state index in [1.54, 1.807) is 25.3 Å². The molecule has 1 amide bonds. The summed E-state index contributed by atoms with van der Waals surface area (Å²) in [4.78, 5) is 19.1. The zero-order valence-electron chi connectivity index (χ0n) is 18.3. The fourth-order valence-electron chi connectivity index (χ4n) is 4.10. The quantitative estimate of drug-likeness (QED) is 0.513. The van der Waals surface area contributed by atoms with Crippen LogP contribution >= 0.6 is 0 Å². The molecule has 5 nitrogen and oxygen atoms in total. The number of nitrogens with zero attached hydrogens (tertiary/aromatic N) is 3. The molecule has 0 bridgehead atoms. The van der Waals surface area contributed by atoms with Crippen molar-refractivity contribution in [2.45, 2.75) is 32.7 Å². The summed E-state index contributed by atoms with van der Waals surface area (Å²) in [6.45, 7) is 4.21. The first-order valence-corrected chi connectivity index (χ1v) is 10.5. The number of rotatable bonds is 5. The van der Waals surface area contributed by atoms with Crippen LogP contribution in [-0.4, -0.2) is 34.0 Å². The number of hydrogen-bond acceptors (Lipinski definition) is 3. The van der Waals surface area contributed by atoms with Crippen LogP contribution < -0.4 is 4.74 Å². The van der Waals surface area contributed by atoms with Crippen molar-refractivity contribution in [3.05, 3.63) is 83.0 Å². The highest BCUT2D eigenvalue weighted by Crippen LogP contribution is 2.31. The molecular weight excluding hydrogens is 412 g/mol. The molecule has 4 rings (SSSR count). The number of amides is 1. The van der Waals surface area contributed by atoms with Crippen LogP contribution in [0.15, 0.2) is 54.5 Å². The van der Waals surface area contributed by atoms with Gasteiger partial charge in [-0.25, -0.2) is 13.8 Å². The van der Waals surface area contributed by atoms with E-state index >= 15 is 0 Å². The van der Waals surface area contributed by atoms with Crippen molar-refractivity contribution in [3.63, 3.8) is 0 Å². The number of ether oxygens (including phenoxy) is 1. The molecule has 0 saturated carbocycles. The van der Waals surface area contributed by atoms with Crippen LogP contribution in [0.1, 0.15) is 42.6 Å². The Balaban J connectivity index is 1.60. The molecule has 1 saturated heterocycles. The van der Waals surface area contributed by atoms with E-state index in [-0.39, 0.29) is 5.91 Å². The normalized spacial score (nSPS) is 16.5. The molecule has 1 aliphatic rings. The van der Waals surface area contributed by atoms with Gasteiger partial charge < -0.3 is 14.2 Å². The molecule has 1 unspecified atom stereocenters. The molecule has 0 N–H and O–H groups in total. The number of carbonyl (C=O) groups excluding carboxylic acids is 1. The van der Waals surface area contributed by atoms with Gasteiger partial charge in [0.25, 0.3) is 0 Å². The lowest BCUT2D eigenvalue weighted by atomic mass is 9.97.